The van der Waals surface area contributed by atoms with Crippen LogP contribution in [0.3, 0.4) is 0 Å². The van der Waals surface area contributed by atoms with E-state index in [1.165, 1.54) is 0 Å². The average Bonchev–Trinajstić information content (AvgIpc) is 2.45. The van der Waals surface area contributed by atoms with Crippen LogP contribution in [0, 0.1) is 17.3 Å². The summed E-state index contributed by atoms with van der Waals surface area (Å²) >= 11 is 0. The standard InChI is InChI=1S/C11H21NO2/c1-8(2)4-5-11(3)7-12-6-9(11)10(13)14/h8-9,12H,4-7H2,1-3H3,(H,13,14). The van der Waals surface area contributed by atoms with Crippen LogP contribution in [-0.4, -0.2) is 24.2 Å². The number of nitrogens with one attached hydrogen (secondary N) is 1. The van der Waals surface area contributed by atoms with Crippen molar-refractivity contribution in [2.24, 2.45) is 17.3 Å². The van der Waals surface area contributed by atoms with Gasteiger partial charge in [0.15, 0.2) is 0 Å². The van der Waals surface area contributed by atoms with Crippen LogP contribution in [0.1, 0.15) is 33.6 Å². The molecule has 82 valence electrons. The van der Waals surface area contributed by atoms with Crippen LogP contribution in [-0.2, 0) is 4.79 Å². The Kier molecular flexibility index (Phi) is 3.53. The van der Waals surface area contributed by atoms with E-state index in [0.717, 1.165) is 19.4 Å². The maximum atomic E-state index is 11.0. The molecule has 1 aliphatic heterocycles. The summed E-state index contributed by atoms with van der Waals surface area (Å²) in [5, 5.41) is 12.3. The van der Waals surface area contributed by atoms with E-state index < -0.39 is 5.97 Å². The Balaban J connectivity index is 2.57. The van der Waals surface area contributed by atoms with Crippen LogP contribution in [0.15, 0.2) is 0 Å². The molecule has 1 saturated heterocycles. The van der Waals surface area contributed by atoms with Gasteiger partial charge in [-0.3, -0.25) is 4.79 Å². The topological polar surface area (TPSA) is 49.3 Å². The van der Waals surface area contributed by atoms with E-state index in [0.29, 0.717) is 12.5 Å². The smallest absolute Gasteiger partial charge is 0.308 e. The molecule has 0 saturated carbocycles. The van der Waals surface area contributed by atoms with Crippen molar-refractivity contribution in [3.05, 3.63) is 0 Å². The third-order valence-electron chi connectivity index (χ3n) is 3.31. The highest BCUT2D eigenvalue weighted by molar-refractivity contribution is 5.71. The van der Waals surface area contributed by atoms with Gasteiger partial charge in [-0.2, -0.15) is 0 Å². The summed E-state index contributed by atoms with van der Waals surface area (Å²) in [6.07, 6.45) is 2.12. The molecule has 1 aliphatic rings. The van der Waals surface area contributed by atoms with Crippen molar-refractivity contribution in [3.63, 3.8) is 0 Å². The molecule has 0 aromatic heterocycles. The van der Waals surface area contributed by atoms with Crippen LogP contribution in [0.2, 0.25) is 0 Å². The molecule has 1 heterocycles. The van der Waals surface area contributed by atoms with Gasteiger partial charge in [0.2, 0.25) is 0 Å². The van der Waals surface area contributed by atoms with E-state index in [4.69, 9.17) is 5.11 Å². The number of carboxylic acid groups (broad SMARTS) is 1. The molecule has 0 amide bonds. The first kappa shape index (κ1) is 11.5. The third-order valence-corrected chi connectivity index (χ3v) is 3.31. The quantitative estimate of drug-likeness (QED) is 0.725. The normalized spacial score (nSPS) is 32.4. The first-order chi connectivity index (χ1) is 6.46. The van der Waals surface area contributed by atoms with Crippen molar-refractivity contribution in [1.29, 1.82) is 0 Å². The number of carbonyl (C=O) groups is 1. The largest absolute Gasteiger partial charge is 0.481 e. The second-order valence-electron chi connectivity index (χ2n) is 5.11. The summed E-state index contributed by atoms with van der Waals surface area (Å²) in [4.78, 5) is 11.0. The summed E-state index contributed by atoms with van der Waals surface area (Å²) in [6.45, 7) is 7.93. The zero-order valence-electron chi connectivity index (χ0n) is 9.34. The molecular formula is C11H21NO2. The molecule has 0 aromatic rings. The van der Waals surface area contributed by atoms with E-state index in [1.54, 1.807) is 0 Å². The van der Waals surface area contributed by atoms with Crippen LogP contribution in [0.4, 0.5) is 0 Å². The molecule has 2 atom stereocenters. The fraction of sp³-hybridized carbons (Fsp3) is 0.909. The monoisotopic (exact) mass is 199 g/mol. The van der Waals surface area contributed by atoms with Gasteiger partial charge in [-0.05, 0) is 17.8 Å². The van der Waals surface area contributed by atoms with E-state index >= 15 is 0 Å². The minimum atomic E-state index is -0.652. The lowest BCUT2D eigenvalue weighted by atomic mass is 9.75. The molecule has 1 fully saturated rings. The summed E-state index contributed by atoms with van der Waals surface area (Å²) in [5.74, 6) is -0.204. The molecule has 1 rings (SSSR count). The van der Waals surface area contributed by atoms with Crippen molar-refractivity contribution in [1.82, 2.24) is 5.32 Å². The van der Waals surface area contributed by atoms with Crippen molar-refractivity contribution < 1.29 is 9.90 Å². The number of hydrogen-bond acceptors (Lipinski definition) is 2. The second-order valence-corrected chi connectivity index (χ2v) is 5.11. The van der Waals surface area contributed by atoms with Crippen LogP contribution in [0.5, 0.6) is 0 Å². The minimum Gasteiger partial charge on any atom is -0.481 e. The van der Waals surface area contributed by atoms with Gasteiger partial charge < -0.3 is 10.4 Å². The number of carboxylic acids is 1. The number of aliphatic carboxylic acids is 1. The Bertz CT molecular complexity index is 215. The lowest BCUT2D eigenvalue weighted by Crippen LogP contribution is -2.32. The van der Waals surface area contributed by atoms with Gasteiger partial charge in [0.25, 0.3) is 0 Å². The van der Waals surface area contributed by atoms with Gasteiger partial charge in [-0.15, -0.1) is 0 Å². The zero-order valence-corrected chi connectivity index (χ0v) is 9.34. The predicted molar refractivity (Wildman–Crippen MR) is 56.2 cm³/mol. The first-order valence-electron chi connectivity index (χ1n) is 5.39. The Morgan fingerprint density at radius 3 is 2.79 bits per heavy atom. The Morgan fingerprint density at radius 2 is 2.29 bits per heavy atom. The molecular weight excluding hydrogens is 178 g/mol. The highest BCUT2D eigenvalue weighted by atomic mass is 16.4. The van der Waals surface area contributed by atoms with Crippen molar-refractivity contribution in [2.45, 2.75) is 33.6 Å². The Labute approximate surface area is 85.9 Å². The highest BCUT2D eigenvalue weighted by Crippen LogP contribution is 2.36. The van der Waals surface area contributed by atoms with Crippen LogP contribution < -0.4 is 5.32 Å². The maximum Gasteiger partial charge on any atom is 0.308 e. The Hall–Kier alpha value is -0.570. The van der Waals surface area contributed by atoms with Crippen molar-refractivity contribution in [3.8, 4) is 0 Å². The molecule has 2 N–H and O–H groups in total. The van der Waals surface area contributed by atoms with Gasteiger partial charge in [0.1, 0.15) is 0 Å². The zero-order chi connectivity index (χ0) is 10.8. The Morgan fingerprint density at radius 1 is 1.64 bits per heavy atom. The van der Waals surface area contributed by atoms with Gasteiger partial charge in [0, 0.05) is 13.1 Å². The van der Waals surface area contributed by atoms with Gasteiger partial charge >= 0.3 is 5.97 Å². The number of hydrogen-bond donors (Lipinski definition) is 2. The molecule has 3 heteroatoms. The molecule has 2 unspecified atom stereocenters. The number of rotatable bonds is 4. The molecule has 3 nitrogen and oxygen atoms in total. The summed E-state index contributed by atoms with van der Waals surface area (Å²) in [7, 11) is 0. The second kappa shape index (κ2) is 4.30. The van der Waals surface area contributed by atoms with Gasteiger partial charge in [-0.1, -0.05) is 27.2 Å². The lowest BCUT2D eigenvalue weighted by Gasteiger charge is -2.28. The molecule has 0 radical (unpaired) electrons. The molecule has 14 heavy (non-hydrogen) atoms. The van der Waals surface area contributed by atoms with Gasteiger partial charge in [-0.25, -0.2) is 0 Å². The minimum absolute atomic E-state index is 0.0455. The fourth-order valence-corrected chi connectivity index (χ4v) is 2.14. The molecule has 0 aromatic carbocycles. The summed E-state index contributed by atoms with van der Waals surface area (Å²) in [6, 6.07) is 0. The lowest BCUT2D eigenvalue weighted by molar-refractivity contribution is -0.144. The summed E-state index contributed by atoms with van der Waals surface area (Å²) in [5.41, 5.74) is -0.0455. The maximum absolute atomic E-state index is 11.0. The SMILES string of the molecule is CC(C)CCC1(C)CNCC1C(=O)O. The van der Waals surface area contributed by atoms with Crippen LogP contribution >= 0.6 is 0 Å². The summed E-state index contributed by atoms with van der Waals surface area (Å²) < 4.78 is 0. The van der Waals surface area contributed by atoms with E-state index in [2.05, 4.69) is 26.1 Å². The van der Waals surface area contributed by atoms with E-state index in [9.17, 15) is 4.79 Å². The first-order valence-corrected chi connectivity index (χ1v) is 5.39. The van der Waals surface area contributed by atoms with Crippen molar-refractivity contribution >= 4 is 5.97 Å². The van der Waals surface area contributed by atoms with E-state index in [1.807, 2.05) is 0 Å². The third kappa shape index (κ3) is 2.47. The fourth-order valence-electron chi connectivity index (χ4n) is 2.14. The average molecular weight is 199 g/mol. The van der Waals surface area contributed by atoms with E-state index in [-0.39, 0.29) is 11.3 Å². The predicted octanol–water partition coefficient (Wildman–Crippen LogP) is 1.73. The van der Waals surface area contributed by atoms with Gasteiger partial charge in [0.05, 0.1) is 5.92 Å². The molecule has 0 spiro atoms. The molecule has 0 aliphatic carbocycles. The molecule has 0 bridgehead atoms. The van der Waals surface area contributed by atoms with Crippen LogP contribution in [0.25, 0.3) is 0 Å². The van der Waals surface area contributed by atoms with Crippen molar-refractivity contribution in [2.75, 3.05) is 13.1 Å². The highest BCUT2D eigenvalue weighted by Gasteiger charge is 2.42.